The first-order valence-corrected chi connectivity index (χ1v) is 5.56. The van der Waals surface area contributed by atoms with E-state index < -0.39 is 11.5 Å². The Morgan fingerprint density at radius 3 is 2.65 bits per heavy atom. The predicted molar refractivity (Wildman–Crippen MR) is 66.0 cm³/mol. The largest absolute Gasteiger partial charge is 0.480 e. The Kier molecular flexibility index (Phi) is 4.66. The number of nitrogens with one attached hydrogen (secondary N) is 1. The molecule has 0 bridgehead atoms. The van der Waals surface area contributed by atoms with Gasteiger partial charge in [0, 0.05) is 13.7 Å². The van der Waals surface area contributed by atoms with Crippen LogP contribution in [0.4, 0.5) is 0 Å². The number of benzene rings is 1. The minimum Gasteiger partial charge on any atom is -0.480 e. The van der Waals surface area contributed by atoms with Crippen LogP contribution in [0.2, 0.25) is 0 Å². The molecule has 0 radical (unpaired) electrons. The van der Waals surface area contributed by atoms with Gasteiger partial charge in [0.15, 0.2) is 0 Å². The molecule has 0 aliphatic carbocycles. The zero-order valence-corrected chi connectivity index (χ0v) is 10.5. The van der Waals surface area contributed by atoms with Crippen molar-refractivity contribution in [2.24, 2.45) is 0 Å². The molecular weight excluding hydrogens is 218 g/mol. The van der Waals surface area contributed by atoms with Crippen LogP contribution >= 0.6 is 0 Å². The molecule has 0 aliphatic rings. The standard InChI is InChI=1S/C13H19NO3/c1-10-6-4-5-7-11(10)13(2,12(15)16)14-8-9-17-3/h4-7,14H,8-9H2,1-3H3,(H,15,16). The summed E-state index contributed by atoms with van der Waals surface area (Å²) in [5.74, 6) is -0.886. The van der Waals surface area contributed by atoms with Crippen LogP contribution in [0.5, 0.6) is 0 Å². The van der Waals surface area contributed by atoms with E-state index in [0.29, 0.717) is 13.2 Å². The van der Waals surface area contributed by atoms with Gasteiger partial charge in [-0.2, -0.15) is 0 Å². The summed E-state index contributed by atoms with van der Waals surface area (Å²) in [6.07, 6.45) is 0. The maximum Gasteiger partial charge on any atom is 0.328 e. The van der Waals surface area contributed by atoms with Crippen molar-refractivity contribution in [3.63, 3.8) is 0 Å². The summed E-state index contributed by atoms with van der Waals surface area (Å²) in [5.41, 5.74) is 0.662. The van der Waals surface area contributed by atoms with E-state index in [9.17, 15) is 9.90 Å². The van der Waals surface area contributed by atoms with Crippen LogP contribution in [-0.2, 0) is 15.1 Å². The molecule has 0 amide bonds. The minimum absolute atomic E-state index is 0.481. The van der Waals surface area contributed by atoms with E-state index in [1.54, 1.807) is 14.0 Å². The molecule has 1 unspecified atom stereocenters. The highest BCUT2D eigenvalue weighted by molar-refractivity contribution is 5.80. The third-order valence-electron chi connectivity index (χ3n) is 2.90. The fraction of sp³-hybridized carbons (Fsp3) is 0.462. The van der Waals surface area contributed by atoms with E-state index >= 15 is 0 Å². The molecule has 0 aromatic heterocycles. The van der Waals surface area contributed by atoms with E-state index in [1.165, 1.54) is 0 Å². The molecule has 1 aromatic rings. The number of carboxylic acid groups (broad SMARTS) is 1. The Morgan fingerprint density at radius 2 is 2.12 bits per heavy atom. The van der Waals surface area contributed by atoms with Crippen LogP contribution in [0.25, 0.3) is 0 Å². The van der Waals surface area contributed by atoms with Gasteiger partial charge >= 0.3 is 5.97 Å². The van der Waals surface area contributed by atoms with Crippen molar-refractivity contribution in [1.29, 1.82) is 0 Å². The molecule has 1 aromatic carbocycles. The molecule has 0 spiro atoms. The lowest BCUT2D eigenvalue weighted by molar-refractivity contribution is -0.144. The molecule has 0 saturated carbocycles. The number of rotatable bonds is 6. The van der Waals surface area contributed by atoms with Crippen molar-refractivity contribution in [2.45, 2.75) is 19.4 Å². The zero-order chi connectivity index (χ0) is 12.9. The van der Waals surface area contributed by atoms with Gasteiger partial charge in [-0.3, -0.25) is 5.32 Å². The van der Waals surface area contributed by atoms with Gasteiger partial charge in [0.05, 0.1) is 6.61 Å². The molecule has 1 rings (SSSR count). The first-order valence-electron chi connectivity index (χ1n) is 5.56. The predicted octanol–water partition coefficient (Wildman–Crippen LogP) is 1.53. The van der Waals surface area contributed by atoms with Crippen molar-refractivity contribution < 1.29 is 14.6 Å². The number of methoxy groups -OCH3 is 1. The van der Waals surface area contributed by atoms with Gasteiger partial charge in [-0.15, -0.1) is 0 Å². The molecule has 4 heteroatoms. The van der Waals surface area contributed by atoms with E-state index in [-0.39, 0.29) is 0 Å². The summed E-state index contributed by atoms with van der Waals surface area (Å²) in [6.45, 7) is 4.56. The summed E-state index contributed by atoms with van der Waals surface area (Å²) in [5, 5.41) is 12.4. The van der Waals surface area contributed by atoms with Gasteiger partial charge < -0.3 is 9.84 Å². The first kappa shape index (κ1) is 13.7. The molecule has 0 saturated heterocycles. The van der Waals surface area contributed by atoms with Gasteiger partial charge in [-0.25, -0.2) is 4.79 Å². The van der Waals surface area contributed by atoms with Crippen molar-refractivity contribution in [3.05, 3.63) is 35.4 Å². The van der Waals surface area contributed by atoms with Gasteiger partial charge in [0.25, 0.3) is 0 Å². The summed E-state index contributed by atoms with van der Waals surface area (Å²) in [4.78, 5) is 11.5. The Labute approximate surface area is 102 Å². The lowest BCUT2D eigenvalue weighted by atomic mass is 9.88. The molecule has 2 N–H and O–H groups in total. The molecule has 0 heterocycles. The number of hydrogen-bond donors (Lipinski definition) is 2. The normalized spacial score (nSPS) is 14.3. The SMILES string of the molecule is COCCNC(C)(C(=O)O)c1ccccc1C. The third-order valence-corrected chi connectivity index (χ3v) is 2.90. The fourth-order valence-corrected chi connectivity index (χ4v) is 1.82. The van der Waals surface area contributed by atoms with E-state index in [0.717, 1.165) is 11.1 Å². The van der Waals surface area contributed by atoms with Crippen molar-refractivity contribution in [3.8, 4) is 0 Å². The van der Waals surface area contributed by atoms with Crippen LogP contribution in [-0.4, -0.2) is 31.3 Å². The first-order chi connectivity index (χ1) is 8.02. The molecular formula is C13H19NO3. The lowest BCUT2D eigenvalue weighted by Crippen LogP contribution is -2.48. The van der Waals surface area contributed by atoms with Gasteiger partial charge in [-0.05, 0) is 25.0 Å². The fourth-order valence-electron chi connectivity index (χ4n) is 1.82. The molecule has 94 valence electrons. The van der Waals surface area contributed by atoms with E-state index in [1.807, 2.05) is 31.2 Å². The average molecular weight is 237 g/mol. The van der Waals surface area contributed by atoms with Crippen molar-refractivity contribution in [2.75, 3.05) is 20.3 Å². The second-order valence-corrected chi connectivity index (χ2v) is 4.16. The van der Waals surface area contributed by atoms with Crippen LogP contribution in [0.15, 0.2) is 24.3 Å². The second-order valence-electron chi connectivity index (χ2n) is 4.16. The number of aryl methyl sites for hydroxylation is 1. The number of hydrogen-bond acceptors (Lipinski definition) is 3. The summed E-state index contributed by atoms with van der Waals surface area (Å²) >= 11 is 0. The van der Waals surface area contributed by atoms with Crippen LogP contribution in [0.1, 0.15) is 18.1 Å². The van der Waals surface area contributed by atoms with E-state index in [2.05, 4.69) is 5.32 Å². The molecule has 17 heavy (non-hydrogen) atoms. The van der Waals surface area contributed by atoms with Crippen LogP contribution in [0.3, 0.4) is 0 Å². The summed E-state index contributed by atoms with van der Waals surface area (Å²) < 4.78 is 4.93. The second kappa shape index (κ2) is 5.80. The molecule has 0 fully saturated rings. The third kappa shape index (κ3) is 3.05. The number of aliphatic carboxylic acids is 1. The highest BCUT2D eigenvalue weighted by Crippen LogP contribution is 2.24. The maximum absolute atomic E-state index is 11.5. The number of carbonyl (C=O) groups is 1. The van der Waals surface area contributed by atoms with Crippen molar-refractivity contribution in [1.82, 2.24) is 5.32 Å². The Morgan fingerprint density at radius 1 is 1.47 bits per heavy atom. The van der Waals surface area contributed by atoms with Gasteiger partial charge in [0.2, 0.25) is 0 Å². The van der Waals surface area contributed by atoms with Gasteiger partial charge in [-0.1, -0.05) is 24.3 Å². The van der Waals surface area contributed by atoms with Crippen LogP contribution < -0.4 is 5.32 Å². The number of carboxylic acids is 1. The molecule has 4 nitrogen and oxygen atoms in total. The summed E-state index contributed by atoms with van der Waals surface area (Å²) in [6, 6.07) is 7.50. The highest BCUT2D eigenvalue weighted by atomic mass is 16.5. The summed E-state index contributed by atoms with van der Waals surface area (Å²) in [7, 11) is 1.59. The highest BCUT2D eigenvalue weighted by Gasteiger charge is 2.35. The smallest absolute Gasteiger partial charge is 0.328 e. The molecule has 0 aliphatic heterocycles. The average Bonchev–Trinajstić information content (AvgIpc) is 2.29. The Hall–Kier alpha value is -1.39. The minimum atomic E-state index is -1.08. The molecule has 1 atom stereocenters. The Bertz CT molecular complexity index is 392. The van der Waals surface area contributed by atoms with Crippen LogP contribution in [0, 0.1) is 6.92 Å². The van der Waals surface area contributed by atoms with Crippen molar-refractivity contribution >= 4 is 5.97 Å². The Balaban J connectivity index is 2.99. The van der Waals surface area contributed by atoms with E-state index in [4.69, 9.17) is 4.74 Å². The quantitative estimate of drug-likeness (QED) is 0.737. The monoisotopic (exact) mass is 237 g/mol. The topological polar surface area (TPSA) is 58.6 Å². The zero-order valence-electron chi connectivity index (χ0n) is 10.5. The van der Waals surface area contributed by atoms with Gasteiger partial charge in [0.1, 0.15) is 5.54 Å². The number of ether oxygens (including phenoxy) is 1. The lowest BCUT2D eigenvalue weighted by Gasteiger charge is -2.28. The maximum atomic E-state index is 11.5.